The van der Waals surface area contributed by atoms with E-state index in [0.29, 0.717) is 25.9 Å². The summed E-state index contributed by atoms with van der Waals surface area (Å²) in [7, 11) is 0. The van der Waals surface area contributed by atoms with Crippen LogP contribution in [0.2, 0.25) is 0 Å². The van der Waals surface area contributed by atoms with Gasteiger partial charge in [-0.25, -0.2) is 4.79 Å². The fraction of sp³-hybridized carbons (Fsp3) is 0.833. The summed E-state index contributed by atoms with van der Waals surface area (Å²) >= 11 is 0. The molecule has 100 valence electrons. The molecule has 3 heterocycles. The van der Waals surface area contributed by atoms with E-state index in [1.165, 1.54) is 0 Å². The number of aliphatic hydroxyl groups is 1. The number of hydrogen-bond acceptors (Lipinski definition) is 3. The second-order valence-electron chi connectivity index (χ2n) is 5.64. The van der Waals surface area contributed by atoms with Crippen molar-refractivity contribution in [3.05, 3.63) is 0 Å². The Bertz CT molecular complexity index is 366. The van der Waals surface area contributed by atoms with Gasteiger partial charge in [0.05, 0.1) is 12.0 Å². The van der Waals surface area contributed by atoms with Crippen molar-refractivity contribution in [1.82, 2.24) is 9.80 Å². The number of aliphatic carboxylic acids is 1. The molecule has 2 bridgehead atoms. The fourth-order valence-corrected chi connectivity index (χ4v) is 3.41. The zero-order chi connectivity index (χ0) is 12.9. The number of fused-ring (bicyclic) bond motifs is 2. The van der Waals surface area contributed by atoms with Crippen LogP contribution in [-0.2, 0) is 4.79 Å². The van der Waals surface area contributed by atoms with E-state index in [9.17, 15) is 14.7 Å². The number of hydrogen-bond donors (Lipinski definition) is 2. The molecule has 18 heavy (non-hydrogen) atoms. The molecule has 3 saturated heterocycles. The zero-order valence-corrected chi connectivity index (χ0v) is 10.2. The Labute approximate surface area is 105 Å². The van der Waals surface area contributed by atoms with Gasteiger partial charge in [-0.2, -0.15) is 0 Å². The van der Waals surface area contributed by atoms with Crippen molar-refractivity contribution < 1.29 is 19.8 Å². The predicted octanol–water partition coefficient (Wildman–Crippen LogP) is 0.110. The smallest absolute Gasteiger partial charge is 0.320 e. The highest BCUT2D eigenvalue weighted by Gasteiger charge is 2.46. The lowest BCUT2D eigenvalue weighted by Gasteiger charge is -2.44. The van der Waals surface area contributed by atoms with E-state index in [1.807, 2.05) is 4.90 Å². The highest BCUT2D eigenvalue weighted by molar-refractivity contribution is 5.80. The fourth-order valence-electron chi connectivity index (χ4n) is 3.41. The summed E-state index contributed by atoms with van der Waals surface area (Å²) < 4.78 is 0. The summed E-state index contributed by atoms with van der Waals surface area (Å²) in [5.41, 5.74) is 0. The van der Waals surface area contributed by atoms with Gasteiger partial charge in [0.2, 0.25) is 0 Å². The van der Waals surface area contributed by atoms with Crippen LogP contribution in [0.5, 0.6) is 0 Å². The van der Waals surface area contributed by atoms with Crippen molar-refractivity contribution in [3.63, 3.8) is 0 Å². The van der Waals surface area contributed by atoms with Crippen molar-refractivity contribution >= 4 is 12.0 Å². The average Bonchev–Trinajstić information content (AvgIpc) is 2.48. The SMILES string of the molecule is O=C(O)C1CN(C(=O)N2C3CCC2CC(O)C3)C1. The van der Waals surface area contributed by atoms with Crippen LogP contribution in [0.25, 0.3) is 0 Å². The molecule has 2 N–H and O–H groups in total. The van der Waals surface area contributed by atoms with E-state index in [1.54, 1.807) is 4.90 Å². The van der Waals surface area contributed by atoms with Crippen molar-refractivity contribution in [2.24, 2.45) is 5.92 Å². The third kappa shape index (κ3) is 1.75. The first-order valence-corrected chi connectivity index (χ1v) is 6.54. The maximum atomic E-state index is 12.3. The number of nitrogens with zero attached hydrogens (tertiary/aromatic N) is 2. The lowest BCUT2D eigenvalue weighted by Crippen LogP contribution is -2.60. The Balaban J connectivity index is 1.63. The Morgan fingerprint density at radius 2 is 1.61 bits per heavy atom. The molecule has 0 spiro atoms. The van der Waals surface area contributed by atoms with Crippen LogP contribution in [0, 0.1) is 5.92 Å². The second-order valence-corrected chi connectivity index (χ2v) is 5.64. The van der Waals surface area contributed by atoms with Gasteiger partial charge in [0.1, 0.15) is 0 Å². The summed E-state index contributed by atoms with van der Waals surface area (Å²) in [4.78, 5) is 26.5. The summed E-state index contributed by atoms with van der Waals surface area (Å²) in [6.45, 7) is 0.652. The first-order chi connectivity index (χ1) is 8.56. The molecular formula is C12H18N2O4. The van der Waals surface area contributed by atoms with E-state index in [2.05, 4.69) is 0 Å². The van der Waals surface area contributed by atoms with E-state index in [-0.39, 0.29) is 24.2 Å². The van der Waals surface area contributed by atoms with E-state index in [4.69, 9.17) is 5.11 Å². The molecule has 3 aliphatic rings. The van der Waals surface area contributed by atoms with Gasteiger partial charge >= 0.3 is 12.0 Å². The molecule has 2 amide bonds. The summed E-state index contributed by atoms with van der Waals surface area (Å²) in [6.07, 6.45) is 2.97. The number of piperidine rings is 1. The number of urea groups is 1. The van der Waals surface area contributed by atoms with Crippen LogP contribution in [0.1, 0.15) is 25.7 Å². The summed E-state index contributed by atoms with van der Waals surface area (Å²) in [5.74, 6) is -1.22. The van der Waals surface area contributed by atoms with Crippen LogP contribution in [0.4, 0.5) is 4.79 Å². The summed E-state index contributed by atoms with van der Waals surface area (Å²) in [5, 5.41) is 18.5. The minimum atomic E-state index is -0.823. The van der Waals surface area contributed by atoms with Crippen molar-refractivity contribution in [2.75, 3.05) is 13.1 Å². The quantitative estimate of drug-likeness (QED) is 0.696. The molecule has 3 rings (SSSR count). The van der Waals surface area contributed by atoms with Crippen LogP contribution < -0.4 is 0 Å². The molecule has 6 nitrogen and oxygen atoms in total. The number of carbonyl (C=O) groups is 2. The van der Waals surface area contributed by atoms with Gasteiger partial charge in [-0.3, -0.25) is 4.79 Å². The van der Waals surface area contributed by atoms with Crippen LogP contribution >= 0.6 is 0 Å². The zero-order valence-electron chi connectivity index (χ0n) is 10.2. The van der Waals surface area contributed by atoms with Gasteiger partial charge in [0.25, 0.3) is 0 Å². The summed E-state index contributed by atoms with van der Waals surface area (Å²) in [6, 6.07) is 0.261. The largest absolute Gasteiger partial charge is 0.481 e. The third-order valence-corrected chi connectivity index (χ3v) is 4.43. The Morgan fingerprint density at radius 3 is 2.11 bits per heavy atom. The number of rotatable bonds is 1. The van der Waals surface area contributed by atoms with Gasteiger partial charge in [-0.15, -0.1) is 0 Å². The molecule has 2 atom stereocenters. The van der Waals surface area contributed by atoms with Gasteiger partial charge in [0.15, 0.2) is 0 Å². The van der Waals surface area contributed by atoms with Gasteiger partial charge < -0.3 is 20.0 Å². The Morgan fingerprint density at radius 1 is 1.06 bits per heavy atom. The minimum Gasteiger partial charge on any atom is -0.481 e. The third-order valence-electron chi connectivity index (χ3n) is 4.43. The molecule has 0 aromatic carbocycles. The second kappa shape index (κ2) is 4.12. The molecule has 2 unspecified atom stereocenters. The predicted molar refractivity (Wildman–Crippen MR) is 62.0 cm³/mol. The Hall–Kier alpha value is -1.30. The monoisotopic (exact) mass is 254 g/mol. The molecule has 3 aliphatic heterocycles. The first kappa shape index (κ1) is 11.8. The molecule has 0 aliphatic carbocycles. The van der Waals surface area contributed by atoms with Crippen molar-refractivity contribution in [3.8, 4) is 0 Å². The average molecular weight is 254 g/mol. The molecule has 0 aromatic heterocycles. The van der Waals surface area contributed by atoms with Crippen LogP contribution in [-0.4, -0.2) is 63.3 Å². The van der Waals surface area contributed by atoms with E-state index in [0.717, 1.165) is 12.8 Å². The maximum Gasteiger partial charge on any atom is 0.320 e. The lowest BCUT2D eigenvalue weighted by atomic mass is 9.98. The maximum absolute atomic E-state index is 12.3. The number of carbonyl (C=O) groups excluding carboxylic acids is 1. The highest BCUT2D eigenvalue weighted by Crippen LogP contribution is 2.37. The van der Waals surface area contributed by atoms with Gasteiger partial charge in [0, 0.05) is 25.2 Å². The van der Waals surface area contributed by atoms with Crippen LogP contribution in [0.15, 0.2) is 0 Å². The van der Waals surface area contributed by atoms with Gasteiger partial charge in [-0.05, 0) is 25.7 Å². The normalized spacial score (nSPS) is 35.5. The topological polar surface area (TPSA) is 81.1 Å². The van der Waals surface area contributed by atoms with Crippen molar-refractivity contribution in [1.29, 1.82) is 0 Å². The highest BCUT2D eigenvalue weighted by atomic mass is 16.4. The number of carboxylic acids is 1. The number of amides is 2. The van der Waals surface area contributed by atoms with Gasteiger partial charge in [-0.1, -0.05) is 0 Å². The van der Waals surface area contributed by atoms with E-state index >= 15 is 0 Å². The number of aliphatic hydroxyl groups excluding tert-OH is 1. The van der Waals surface area contributed by atoms with E-state index < -0.39 is 11.9 Å². The molecule has 0 saturated carbocycles. The van der Waals surface area contributed by atoms with Crippen LogP contribution in [0.3, 0.4) is 0 Å². The standard InChI is InChI=1S/C12H18N2O4/c15-10-3-8-1-2-9(4-10)14(8)12(18)13-5-7(6-13)11(16)17/h7-10,15H,1-6H2,(H,16,17). The van der Waals surface area contributed by atoms with Crippen molar-refractivity contribution in [2.45, 2.75) is 43.9 Å². The lowest BCUT2D eigenvalue weighted by molar-refractivity contribution is -0.146. The molecular weight excluding hydrogens is 236 g/mol. The Kier molecular flexibility index (Phi) is 2.69. The number of likely N-dealkylation sites (tertiary alicyclic amines) is 1. The molecule has 0 aromatic rings. The molecule has 6 heteroatoms. The molecule has 3 fully saturated rings. The molecule has 0 radical (unpaired) electrons. The first-order valence-electron chi connectivity index (χ1n) is 6.54. The minimum absolute atomic E-state index is 0.0353. The number of carboxylic acid groups (broad SMARTS) is 1.